The molecular formula is C16H20N2O4. The second-order valence-electron chi connectivity index (χ2n) is 5.48. The summed E-state index contributed by atoms with van der Waals surface area (Å²) in [6.07, 6.45) is 2.00. The Bertz CT molecular complexity index is 716. The molecule has 2 heterocycles. The number of oxazole rings is 1. The third kappa shape index (κ3) is 2.92. The van der Waals surface area contributed by atoms with Crippen LogP contribution in [0.4, 0.5) is 0 Å². The predicted octanol–water partition coefficient (Wildman–Crippen LogP) is 1.62. The van der Waals surface area contributed by atoms with Gasteiger partial charge in [0, 0.05) is 19.7 Å². The summed E-state index contributed by atoms with van der Waals surface area (Å²) in [7, 11) is 0. The molecule has 1 fully saturated rings. The highest BCUT2D eigenvalue weighted by Crippen LogP contribution is 2.15. The summed E-state index contributed by atoms with van der Waals surface area (Å²) in [6.45, 7) is 3.93. The molecule has 1 aliphatic rings. The van der Waals surface area contributed by atoms with E-state index in [1.54, 1.807) is 23.1 Å². The van der Waals surface area contributed by atoms with Crippen molar-refractivity contribution in [2.45, 2.75) is 32.4 Å². The van der Waals surface area contributed by atoms with E-state index in [0.29, 0.717) is 30.8 Å². The van der Waals surface area contributed by atoms with Crippen molar-refractivity contribution in [2.75, 3.05) is 19.7 Å². The Hall–Kier alpha value is -2.08. The number of para-hydroxylation sites is 2. The molecule has 0 N–H and O–H groups in total. The highest BCUT2D eigenvalue weighted by atomic mass is 16.5. The quantitative estimate of drug-likeness (QED) is 0.861. The van der Waals surface area contributed by atoms with Crippen LogP contribution in [0.25, 0.3) is 11.1 Å². The molecule has 0 radical (unpaired) electrons. The molecule has 0 aliphatic carbocycles. The maximum Gasteiger partial charge on any atom is 0.420 e. The average molecular weight is 304 g/mol. The van der Waals surface area contributed by atoms with Crippen LogP contribution in [0.1, 0.15) is 19.8 Å². The van der Waals surface area contributed by atoms with Crippen molar-refractivity contribution in [3.63, 3.8) is 0 Å². The number of piperidine rings is 1. The molecule has 3 rings (SSSR count). The molecular weight excluding hydrogens is 284 g/mol. The summed E-state index contributed by atoms with van der Waals surface area (Å²) in [5.41, 5.74) is 1.16. The fourth-order valence-electron chi connectivity index (χ4n) is 2.94. The van der Waals surface area contributed by atoms with Crippen LogP contribution in [0.2, 0.25) is 0 Å². The Morgan fingerprint density at radius 2 is 2.23 bits per heavy atom. The Balaban J connectivity index is 1.75. The number of ether oxygens (including phenoxy) is 1. The fraction of sp³-hybridized carbons (Fsp3) is 0.500. The van der Waals surface area contributed by atoms with E-state index in [1.165, 1.54) is 4.57 Å². The first-order valence-corrected chi connectivity index (χ1v) is 7.66. The lowest BCUT2D eigenvalue weighted by atomic mass is 10.1. The lowest BCUT2D eigenvalue weighted by Crippen LogP contribution is -2.45. The lowest BCUT2D eigenvalue weighted by Gasteiger charge is -2.32. The average Bonchev–Trinajstić information content (AvgIpc) is 2.84. The maximum atomic E-state index is 12.5. The zero-order chi connectivity index (χ0) is 15.5. The molecule has 2 aromatic rings. The zero-order valence-corrected chi connectivity index (χ0v) is 12.7. The van der Waals surface area contributed by atoms with Gasteiger partial charge in [0.05, 0.1) is 11.6 Å². The number of rotatable bonds is 4. The van der Waals surface area contributed by atoms with E-state index in [-0.39, 0.29) is 18.6 Å². The van der Waals surface area contributed by atoms with E-state index in [1.807, 2.05) is 13.0 Å². The van der Waals surface area contributed by atoms with Crippen LogP contribution < -0.4 is 5.76 Å². The van der Waals surface area contributed by atoms with E-state index in [2.05, 4.69) is 0 Å². The van der Waals surface area contributed by atoms with Gasteiger partial charge in [0.15, 0.2) is 5.58 Å². The number of hydrogen-bond donors (Lipinski definition) is 0. The van der Waals surface area contributed by atoms with Gasteiger partial charge in [0.2, 0.25) is 5.91 Å². The van der Waals surface area contributed by atoms with Crippen LogP contribution in [0.5, 0.6) is 0 Å². The van der Waals surface area contributed by atoms with Crippen molar-refractivity contribution >= 4 is 17.0 Å². The maximum absolute atomic E-state index is 12.5. The van der Waals surface area contributed by atoms with Gasteiger partial charge in [-0.1, -0.05) is 12.1 Å². The van der Waals surface area contributed by atoms with Crippen LogP contribution in [0.3, 0.4) is 0 Å². The van der Waals surface area contributed by atoms with E-state index >= 15 is 0 Å². The molecule has 1 aromatic heterocycles. The second kappa shape index (κ2) is 6.36. The smallest absolute Gasteiger partial charge is 0.408 e. The number of benzene rings is 1. The van der Waals surface area contributed by atoms with Gasteiger partial charge in [-0.05, 0) is 31.9 Å². The standard InChI is InChI=1S/C16H20N2O4/c1-2-21-12-6-5-9-17(10-12)15(19)11-18-13-7-3-4-8-14(13)22-16(18)20/h3-4,7-8,12H,2,5-6,9-11H2,1H3/t12-/m1/s1. The van der Waals surface area contributed by atoms with Crippen molar-refractivity contribution in [2.24, 2.45) is 0 Å². The molecule has 1 saturated heterocycles. The minimum Gasteiger partial charge on any atom is -0.408 e. The Morgan fingerprint density at radius 1 is 1.41 bits per heavy atom. The summed E-state index contributed by atoms with van der Waals surface area (Å²) < 4.78 is 12.2. The normalized spacial score (nSPS) is 18.8. The van der Waals surface area contributed by atoms with Gasteiger partial charge in [-0.3, -0.25) is 9.36 Å². The minimum atomic E-state index is -0.493. The number of likely N-dealkylation sites (tertiary alicyclic amines) is 1. The van der Waals surface area contributed by atoms with Crippen LogP contribution >= 0.6 is 0 Å². The van der Waals surface area contributed by atoms with Gasteiger partial charge in [-0.25, -0.2) is 4.79 Å². The molecule has 0 unspecified atom stereocenters. The third-order valence-electron chi connectivity index (χ3n) is 4.00. The molecule has 0 spiro atoms. The Labute approximate surface area is 128 Å². The van der Waals surface area contributed by atoms with Crippen LogP contribution in [0.15, 0.2) is 33.5 Å². The van der Waals surface area contributed by atoms with E-state index < -0.39 is 5.76 Å². The first-order chi connectivity index (χ1) is 10.7. The van der Waals surface area contributed by atoms with Crippen molar-refractivity contribution < 1.29 is 13.9 Å². The van der Waals surface area contributed by atoms with Gasteiger partial charge < -0.3 is 14.1 Å². The van der Waals surface area contributed by atoms with Gasteiger partial charge >= 0.3 is 5.76 Å². The van der Waals surface area contributed by atoms with Crippen LogP contribution in [0, 0.1) is 0 Å². The van der Waals surface area contributed by atoms with E-state index in [4.69, 9.17) is 9.15 Å². The predicted molar refractivity (Wildman–Crippen MR) is 81.7 cm³/mol. The molecule has 22 heavy (non-hydrogen) atoms. The van der Waals surface area contributed by atoms with Crippen LogP contribution in [-0.4, -0.2) is 41.2 Å². The SMILES string of the molecule is CCO[C@@H]1CCCN(C(=O)Cn2c(=O)oc3ccccc32)C1. The van der Waals surface area contributed by atoms with Gasteiger partial charge in [-0.15, -0.1) is 0 Å². The molecule has 1 aliphatic heterocycles. The second-order valence-corrected chi connectivity index (χ2v) is 5.48. The Kier molecular flexibility index (Phi) is 4.29. The number of amides is 1. The third-order valence-corrected chi connectivity index (χ3v) is 4.00. The Morgan fingerprint density at radius 3 is 3.05 bits per heavy atom. The summed E-state index contributed by atoms with van der Waals surface area (Å²) in [4.78, 5) is 26.2. The van der Waals surface area contributed by atoms with E-state index in [9.17, 15) is 9.59 Å². The van der Waals surface area contributed by atoms with Gasteiger partial charge in [0.25, 0.3) is 0 Å². The highest BCUT2D eigenvalue weighted by Gasteiger charge is 2.25. The minimum absolute atomic E-state index is 0.00862. The molecule has 1 aromatic carbocycles. The number of carbonyl (C=O) groups excluding carboxylic acids is 1. The van der Waals surface area contributed by atoms with Crippen molar-refractivity contribution in [1.29, 1.82) is 0 Å². The van der Waals surface area contributed by atoms with Gasteiger partial charge in [-0.2, -0.15) is 0 Å². The molecule has 1 amide bonds. The molecule has 118 valence electrons. The zero-order valence-electron chi connectivity index (χ0n) is 12.7. The van der Waals surface area contributed by atoms with Gasteiger partial charge in [0.1, 0.15) is 6.54 Å². The first-order valence-electron chi connectivity index (χ1n) is 7.66. The largest absolute Gasteiger partial charge is 0.420 e. The lowest BCUT2D eigenvalue weighted by molar-refractivity contribution is -0.135. The fourth-order valence-corrected chi connectivity index (χ4v) is 2.94. The highest BCUT2D eigenvalue weighted by molar-refractivity contribution is 5.79. The molecule has 1 atom stereocenters. The number of aromatic nitrogens is 1. The molecule has 6 nitrogen and oxygen atoms in total. The van der Waals surface area contributed by atoms with E-state index in [0.717, 1.165) is 12.8 Å². The summed E-state index contributed by atoms with van der Waals surface area (Å²) in [6, 6.07) is 7.13. The van der Waals surface area contributed by atoms with Crippen molar-refractivity contribution in [1.82, 2.24) is 9.47 Å². The van der Waals surface area contributed by atoms with Crippen molar-refractivity contribution in [3.8, 4) is 0 Å². The molecule has 6 heteroatoms. The summed E-state index contributed by atoms with van der Waals surface area (Å²) >= 11 is 0. The summed E-state index contributed by atoms with van der Waals surface area (Å²) in [5.74, 6) is -0.564. The van der Waals surface area contributed by atoms with Crippen LogP contribution in [-0.2, 0) is 16.1 Å². The number of hydrogen-bond acceptors (Lipinski definition) is 4. The summed E-state index contributed by atoms with van der Waals surface area (Å²) in [5, 5.41) is 0. The topological polar surface area (TPSA) is 64.7 Å². The molecule has 0 saturated carbocycles. The monoisotopic (exact) mass is 304 g/mol. The number of fused-ring (bicyclic) bond motifs is 1. The molecule has 0 bridgehead atoms. The number of nitrogens with zero attached hydrogens (tertiary/aromatic N) is 2. The number of carbonyl (C=O) groups is 1. The van der Waals surface area contributed by atoms with Crippen molar-refractivity contribution in [3.05, 3.63) is 34.8 Å². The first kappa shape index (κ1) is 14.8.